The molecule has 3 aromatic rings. The fourth-order valence-electron chi connectivity index (χ4n) is 2.18. The van der Waals surface area contributed by atoms with Crippen molar-refractivity contribution < 1.29 is 4.42 Å². The van der Waals surface area contributed by atoms with Gasteiger partial charge in [-0.1, -0.05) is 0 Å². The molecule has 0 radical (unpaired) electrons. The second kappa shape index (κ2) is 4.25. The Morgan fingerprint density at radius 2 is 1.32 bits per heavy atom. The molecule has 2 aromatic carbocycles. The molecule has 0 atom stereocenters. The molecule has 14 N–H and O–H groups in total. The van der Waals surface area contributed by atoms with Crippen LogP contribution in [0, 0.1) is 0 Å². The SMILES string of the molecule is Nc1ccc(-c2nc3c(N)c(N)c(N)c(N)c3o2)c(N)c1N. The molecule has 0 saturated carbocycles. The smallest absolute Gasteiger partial charge is 0.229 e. The van der Waals surface area contributed by atoms with Crippen LogP contribution in [0.4, 0.5) is 39.8 Å². The average molecular weight is 300 g/mol. The summed E-state index contributed by atoms with van der Waals surface area (Å²) in [5.41, 5.74) is 43.4. The lowest BCUT2D eigenvalue weighted by molar-refractivity contribution is 0.621. The largest absolute Gasteiger partial charge is 0.434 e. The number of fused-ring (bicyclic) bond motifs is 1. The van der Waals surface area contributed by atoms with Gasteiger partial charge in [0.1, 0.15) is 11.2 Å². The van der Waals surface area contributed by atoms with E-state index in [4.69, 9.17) is 44.6 Å². The minimum atomic E-state index is 0.150. The van der Waals surface area contributed by atoms with E-state index >= 15 is 0 Å². The quantitative estimate of drug-likeness (QED) is 0.313. The van der Waals surface area contributed by atoms with Gasteiger partial charge in [-0.3, -0.25) is 0 Å². The molecule has 0 amide bonds. The highest BCUT2D eigenvalue weighted by molar-refractivity contribution is 6.08. The van der Waals surface area contributed by atoms with Crippen LogP contribution < -0.4 is 40.1 Å². The fraction of sp³-hybridized carbons (Fsp3) is 0. The summed E-state index contributed by atoms with van der Waals surface area (Å²) in [5, 5.41) is 0. The maximum Gasteiger partial charge on any atom is 0.229 e. The van der Waals surface area contributed by atoms with Crippen LogP contribution in [0.2, 0.25) is 0 Å². The zero-order valence-corrected chi connectivity index (χ0v) is 11.6. The Morgan fingerprint density at radius 3 is 2.00 bits per heavy atom. The highest BCUT2D eigenvalue weighted by Gasteiger charge is 2.20. The van der Waals surface area contributed by atoms with Crippen LogP contribution in [0.15, 0.2) is 16.5 Å². The van der Waals surface area contributed by atoms with E-state index < -0.39 is 0 Å². The standard InChI is InChI=1S/C13H16N8O/c14-4-2-1-3(5(15)6(4)16)13-21-11-9(19)7(17)8(18)10(20)12(11)22-13/h1-2H,14-20H2. The first-order chi connectivity index (χ1) is 10.3. The molecule has 0 aliphatic heterocycles. The van der Waals surface area contributed by atoms with Gasteiger partial charge in [-0.05, 0) is 12.1 Å². The Hall–Kier alpha value is -3.49. The first kappa shape index (κ1) is 13.5. The Kier molecular flexibility index (Phi) is 2.61. The molecule has 0 fully saturated rings. The van der Waals surface area contributed by atoms with Crippen molar-refractivity contribution in [2.45, 2.75) is 0 Å². The van der Waals surface area contributed by atoms with Gasteiger partial charge in [0, 0.05) is 0 Å². The van der Waals surface area contributed by atoms with Crippen molar-refractivity contribution in [1.29, 1.82) is 0 Å². The molecule has 0 aliphatic carbocycles. The molecule has 9 heteroatoms. The van der Waals surface area contributed by atoms with E-state index in [1.165, 1.54) is 0 Å². The second-order valence-electron chi connectivity index (χ2n) is 4.88. The average Bonchev–Trinajstić information content (AvgIpc) is 2.94. The number of anilines is 7. The summed E-state index contributed by atoms with van der Waals surface area (Å²) in [5.74, 6) is 0.197. The third kappa shape index (κ3) is 1.62. The number of oxazole rings is 1. The lowest BCUT2D eigenvalue weighted by Gasteiger charge is -2.07. The van der Waals surface area contributed by atoms with Crippen LogP contribution in [0.5, 0.6) is 0 Å². The number of nitrogen functional groups attached to an aromatic ring is 7. The fourth-order valence-corrected chi connectivity index (χ4v) is 2.18. The lowest BCUT2D eigenvalue weighted by Crippen LogP contribution is -2.04. The normalized spacial score (nSPS) is 11.1. The number of benzene rings is 2. The number of hydrogen-bond donors (Lipinski definition) is 7. The Balaban J connectivity index is 2.33. The van der Waals surface area contributed by atoms with Crippen LogP contribution in [0.3, 0.4) is 0 Å². The third-order valence-electron chi connectivity index (χ3n) is 3.55. The summed E-state index contributed by atoms with van der Waals surface area (Å²) in [6, 6.07) is 3.25. The molecule has 0 spiro atoms. The lowest BCUT2D eigenvalue weighted by atomic mass is 10.1. The summed E-state index contributed by atoms with van der Waals surface area (Å²) in [4.78, 5) is 4.29. The predicted molar refractivity (Wildman–Crippen MR) is 90.3 cm³/mol. The summed E-state index contributed by atoms with van der Waals surface area (Å²) in [6.07, 6.45) is 0. The van der Waals surface area contributed by atoms with Gasteiger partial charge in [0.05, 0.1) is 39.7 Å². The molecule has 0 aliphatic rings. The number of hydrogen-bond acceptors (Lipinski definition) is 9. The summed E-state index contributed by atoms with van der Waals surface area (Å²) >= 11 is 0. The highest BCUT2D eigenvalue weighted by Crippen LogP contribution is 2.42. The molecule has 114 valence electrons. The van der Waals surface area contributed by atoms with E-state index in [-0.39, 0.29) is 45.6 Å². The summed E-state index contributed by atoms with van der Waals surface area (Å²) in [7, 11) is 0. The monoisotopic (exact) mass is 300 g/mol. The summed E-state index contributed by atoms with van der Waals surface area (Å²) in [6.45, 7) is 0. The molecule has 0 unspecified atom stereocenters. The number of aromatic nitrogens is 1. The molecular formula is C13H16N8O. The van der Waals surface area contributed by atoms with E-state index in [1.54, 1.807) is 12.1 Å². The number of rotatable bonds is 1. The van der Waals surface area contributed by atoms with Gasteiger partial charge in [0.25, 0.3) is 0 Å². The zero-order valence-electron chi connectivity index (χ0n) is 11.6. The van der Waals surface area contributed by atoms with Crippen molar-refractivity contribution in [2.24, 2.45) is 0 Å². The van der Waals surface area contributed by atoms with E-state index in [0.29, 0.717) is 16.8 Å². The van der Waals surface area contributed by atoms with Gasteiger partial charge in [-0.25, -0.2) is 4.98 Å². The van der Waals surface area contributed by atoms with Crippen LogP contribution in [-0.2, 0) is 0 Å². The van der Waals surface area contributed by atoms with Crippen molar-refractivity contribution in [2.75, 3.05) is 40.1 Å². The van der Waals surface area contributed by atoms with Gasteiger partial charge in [-0.15, -0.1) is 0 Å². The Labute approximate surface area is 125 Å². The maximum atomic E-state index is 5.96. The van der Waals surface area contributed by atoms with Crippen molar-refractivity contribution in [3.63, 3.8) is 0 Å². The van der Waals surface area contributed by atoms with Crippen molar-refractivity contribution >= 4 is 50.9 Å². The topological polar surface area (TPSA) is 208 Å². The van der Waals surface area contributed by atoms with Crippen molar-refractivity contribution in [1.82, 2.24) is 4.98 Å². The van der Waals surface area contributed by atoms with Crippen molar-refractivity contribution in [3.8, 4) is 11.5 Å². The molecule has 9 nitrogen and oxygen atoms in total. The predicted octanol–water partition coefficient (Wildman–Crippen LogP) is 0.570. The van der Waals surface area contributed by atoms with Gasteiger partial charge < -0.3 is 44.6 Å². The first-order valence-electron chi connectivity index (χ1n) is 6.29. The third-order valence-corrected chi connectivity index (χ3v) is 3.55. The van der Waals surface area contributed by atoms with Gasteiger partial charge in [0.15, 0.2) is 5.58 Å². The van der Waals surface area contributed by atoms with Crippen LogP contribution in [-0.4, -0.2) is 4.98 Å². The molecule has 1 aromatic heterocycles. The first-order valence-corrected chi connectivity index (χ1v) is 6.29. The maximum absolute atomic E-state index is 5.96. The molecule has 1 heterocycles. The molecule has 3 rings (SSSR count). The van der Waals surface area contributed by atoms with E-state index in [9.17, 15) is 0 Å². The van der Waals surface area contributed by atoms with E-state index in [2.05, 4.69) is 4.98 Å². The molecule has 0 saturated heterocycles. The minimum Gasteiger partial charge on any atom is -0.434 e. The molecule has 22 heavy (non-hydrogen) atoms. The van der Waals surface area contributed by atoms with Gasteiger partial charge in [0.2, 0.25) is 5.89 Å². The molecule has 0 bridgehead atoms. The van der Waals surface area contributed by atoms with Crippen molar-refractivity contribution in [3.05, 3.63) is 12.1 Å². The van der Waals surface area contributed by atoms with Gasteiger partial charge >= 0.3 is 0 Å². The van der Waals surface area contributed by atoms with Crippen LogP contribution in [0.1, 0.15) is 0 Å². The van der Waals surface area contributed by atoms with E-state index in [1.807, 2.05) is 0 Å². The second-order valence-corrected chi connectivity index (χ2v) is 4.88. The van der Waals surface area contributed by atoms with Gasteiger partial charge in [-0.2, -0.15) is 0 Å². The number of nitrogens with two attached hydrogens (primary N) is 7. The van der Waals surface area contributed by atoms with Crippen LogP contribution in [0.25, 0.3) is 22.6 Å². The van der Waals surface area contributed by atoms with Crippen LogP contribution >= 0.6 is 0 Å². The minimum absolute atomic E-state index is 0.150. The molecular weight excluding hydrogens is 284 g/mol. The number of nitrogens with zero attached hydrogens (tertiary/aromatic N) is 1. The zero-order chi connectivity index (χ0) is 16.2. The van der Waals surface area contributed by atoms with E-state index in [0.717, 1.165) is 0 Å². The summed E-state index contributed by atoms with van der Waals surface area (Å²) < 4.78 is 5.65. The Morgan fingerprint density at radius 1 is 0.682 bits per heavy atom. The Bertz CT molecular complexity index is 870. The highest BCUT2D eigenvalue weighted by atomic mass is 16.3.